The molecule has 0 spiro atoms. The van der Waals surface area contributed by atoms with E-state index in [2.05, 4.69) is 30.4 Å². The Balaban J connectivity index is 1.87. The number of carbonyl (C=O) groups excluding carboxylic acids is 1. The number of aryl methyl sites for hydroxylation is 1. The van der Waals surface area contributed by atoms with E-state index in [1.807, 2.05) is 19.1 Å². The highest BCUT2D eigenvalue weighted by Gasteiger charge is 2.07. The van der Waals surface area contributed by atoms with E-state index < -0.39 is 0 Å². The summed E-state index contributed by atoms with van der Waals surface area (Å²) in [5.74, 6) is 0.957. The number of phenolic OH excluding ortho intramolecular Hbond substituents is 1. The number of nitrogens with zero attached hydrogens (tertiary/aromatic N) is 1. The van der Waals surface area contributed by atoms with Gasteiger partial charge >= 0.3 is 0 Å². The Morgan fingerprint density at radius 2 is 1.96 bits per heavy atom. The Bertz CT molecular complexity index is 722. The third-order valence-electron chi connectivity index (χ3n) is 3.53. The maximum absolute atomic E-state index is 11.8. The average Bonchev–Trinajstić information content (AvgIpc) is 2.55. The van der Waals surface area contributed by atoms with Gasteiger partial charge in [0, 0.05) is 0 Å². The highest BCUT2D eigenvalue weighted by Crippen LogP contribution is 2.24. The van der Waals surface area contributed by atoms with Gasteiger partial charge in [0.25, 0.3) is 5.91 Å². The lowest BCUT2D eigenvalue weighted by Gasteiger charge is -2.12. The van der Waals surface area contributed by atoms with E-state index in [4.69, 9.17) is 4.74 Å². The Hall–Kier alpha value is -2.82. The quantitative estimate of drug-likeness (QED) is 0.632. The lowest BCUT2D eigenvalue weighted by Crippen LogP contribution is -2.24. The Morgan fingerprint density at radius 1 is 1.25 bits per heavy atom. The normalized spacial score (nSPS) is 11.0. The van der Waals surface area contributed by atoms with Crippen molar-refractivity contribution in [1.82, 2.24) is 5.43 Å². The first-order valence-electron chi connectivity index (χ1n) is 7.80. The van der Waals surface area contributed by atoms with Crippen LogP contribution in [0.2, 0.25) is 0 Å². The summed E-state index contributed by atoms with van der Waals surface area (Å²) in [4.78, 5) is 11.8. The van der Waals surface area contributed by atoms with Gasteiger partial charge in [0.05, 0.1) is 6.21 Å². The average molecular weight is 326 g/mol. The van der Waals surface area contributed by atoms with Gasteiger partial charge in [0.1, 0.15) is 11.5 Å². The summed E-state index contributed by atoms with van der Waals surface area (Å²) in [6, 6.07) is 12.5. The van der Waals surface area contributed by atoms with Crippen molar-refractivity contribution in [1.29, 1.82) is 0 Å². The summed E-state index contributed by atoms with van der Waals surface area (Å²) >= 11 is 0. The molecule has 5 nitrogen and oxygen atoms in total. The van der Waals surface area contributed by atoms with Gasteiger partial charge in [-0.1, -0.05) is 26.0 Å². The lowest BCUT2D eigenvalue weighted by molar-refractivity contribution is -0.123. The van der Waals surface area contributed by atoms with Crippen molar-refractivity contribution >= 4 is 12.1 Å². The predicted octanol–water partition coefficient (Wildman–Crippen LogP) is 3.35. The molecule has 0 aliphatic heterocycles. The topological polar surface area (TPSA) is 70.9 Å². The molecule has 1 amide bonds. The van der Waals surface area contributed by atoms with Crippen molar-refractivity contribution < 1.29 is 14.6 Å². The van der Waals surface area contributed by atoms with E-state index in [9.17, 15) is 9.90 Å². The molecule has 2 aromatic rings. The van der Waals surface area contributed by atoms with E-state index in [-0.39, 0.29) is 18.3 Å². The molecular formula is C19H22N2O3. The predicted molar refractivity (Wildman–Crippen MR) is 94.6 cm³/mol. The minimum Gasteiger partial charge on any atom is -0.508 e. The molecule has 0 radical (unpaired) electrons. The fourth-order valence-corrected chi connectivity index (χ4v) is 2.05. The lowest BCUT2D eigenvalue weighted by atomic mass is 10.0. The van der Waals surface area contributed by atoms with Crippen LogP contribution in [0.4, 0.5) is 0 Å². The molecule has 2 N–H and O–H groups in total. The van der Waals surface area contributed by atoms with Crippen molar-refractivity contribution in [3.8, 4) is 11.5 Å². The second-order valence-electron chi connectivity index (χ2n) is 5.85. The number of ether oxygens (including phenoxy) is 1. The SMILES string of the molecule is Cc1ccc(C(C)C)cc1OCC(=O)NN=Cc1ccc(O)cc1. The second-order valence-corrected chi connectivity index (χ2v) is 5.85. The molecule has 0 bridgehead atoms. The number of benzene rings is 2. The van der Waals surface area contributed by atoms with E-state index in [1.165, 1.54) is 11.8 Å². The first-order valence-corrected chi connectivity index (χ1v) is 7.80. The van der Waals surface area contributed by atoms with E-state index >= 15 is 0 Å². The number of carbonyl (C=O) groups is 1. The summed E-state index contributed by atoms with van der Waals surface area (Å²) < 4.78 is 5.59. The number of aromatic hydroxyl groups is 1. The highest BCUT2D eigenvalue weighted by molar-refractivity contribution is 5.83. The van der Waals surface area contributed by atoms with Crippen molar-refractivity contribution in [3.63, 3.8) is 0 Å². The van der Waals surface area contributed by atoms with E-state index in [0.29, 0.717) is 11.7 Å². The summed E-state index contributed by atoms with van der Waals surface area (Å²) in [7, 11) is 0. The first kappa shape index (κ1) is 17.5. The van der Waals surface area contributed by atoms with Gasteiger partial charge in [-0.05, 0) is 59.9 Å². The number of amides is 1. The number of phenols is 1. The molecule has 2 rings (SSSR count). The molecule has 0 fully saturated rings. The molecule has 0 aliphatic rings. The van der Waals surface area contributed by atoms with Gasteiger partial charge in [-0.15, -0.1) is 0 Å². The summed E-state index contributed by atoms with van der Waals surface area (Å²) in [6.45, 7) is 6.06. The molecule has 0 unspecified atom stereocenters. The zero-order valence-corrected chi connectivity index (χ0v) is 14.1. The minimum absolute atomic E-state index is 0.102. The van der Waals surface area contributed by atoms with Gasteiger partial charge in [0.2, 0.25) is 0 Å². The van der Waals surface area contributed by atoms with Crippen molar-refractivity contribution in [2.75, 3.05) is 6.61 Å². The van der Waals surface area contributed by atoms with Crippen LogP contribution in [-0.4, -0.2) is 23.8 Å². The fraction of sp³-hybridized carbons (Fsp3) is 0.263. The van der Waals surface area contributed by atoms with Gasteiger partial charge in [-0.25, -0.2) is 5.43 Å². The van der Waals surface area contributed by atoms with Gasteiger partial charge in [-0.3, -0.25) is 4.79 Å². The van der Waals surface area contributed by atoms with Crippen LogP contribution < -0.4 is 10.2 Å². The maximum Gasteiger partial charge on any atom is 0.277 e. The van der Waals surface area contributed by atoms with E-state index in [0.717, 1.165) is 11.1 Å². The molecule has 0 atom stereocenters. The van der Waals surface area contributed by atoms with Crippen LogP contribution >= 0.6 is 0 Å². The van der Waals surface area contributed by atoms with Crippen LogP contribution in [0.25, 0.3) is 0 Å². The van der Waals surface area contributed by atoms with Gasteiger partial charge in [0.15, 0.2) is 6.61 Å². The molecule has 0 aromatic heterocycles. The standard InChI is InChI=1S/C19H22N2O3/c1-13(2)16-7-4-14(3)18(10-16)24-12-19(23)21-20-11-15-5-8-17(22)9-6-15/h4-11,13,22H,12H2,1-3H3,(H,21,23). The van der Waals surface area contributed by atoms with Gasteiger partial charge in [-0.2, -0.15) is 5.10 Å². The zero-order chi connectivity index (χ0) is 17.5. The number of rotatable bonds is 6. The fourth-order valence-electron chi connectivity index (χ4n) is 2.05. The number of nitrogens with one attached hydrogen (secondary N) is 1. The van der Waals surface area contributed by atoms with Crippen LogP contribution in [0, 0.1) is 6.92 Å². The van der Waals surface area contributed by atoms with Crippen LogP contribution in [0.15, 0.2) is 47.6 Å². The summed E-state index contributed by atoms with van der Waals surface area (Å²) in [5, 5.41) is 13.1. The monoisotopic (exact) mass is 326 g/mol. The largest absolute Gasteiger partial charge is 0.508 e. The Morgan fingerprint density at radius 3 is 2.62 bits per heavy atom. The summed E-state index contributed by atoms with van der Waals surface area (Å²) in [6.07, 6.45) is 1.50. The van der Waals surface area contributed by atoms with Gasteiger partial charge < -0.3 is 9.84 Å². The molecule has 0 saturated carbocycles. The first-order chi connectivity index (χ1) is 11.5. The zero-order valence-electron chi connectivity index (χ0n) is 14.1. The molecule has 0 aliphatic carbocycles. The Kier molecular flexibility index (Phi) is 5.95. The third-order valence-corrected chi connectivity index (χ3v) is 3.53. The molecule has 0 saturated heterocycles. The number of hydrogen-bond donors (Lipinski definition) is 2. The van der Waals surface area contributed by atoms with Crippen LogP contribution in [0.5, 0.6) is 11.5 Å². The minimum atomic E-state index is -0.334. The van der Waals surface area contributed by atoms with Crippen LogP contribution in [-0.2, 0) is 4.79 Å². The molecule has 126 valence electrons. The van der Waals surface area contributed by atoms with E-state index in [1.54, 1.807) is 24.3 Å². The second kappa shape index (κ2) is 8.15. The maximum atomic E-state index is 11.8. The third kappa shape index (κ3) is 5.12. The molecule has 5 heteroatoms. The highest BCUT2D eigenvalue weighted by atomic mass is 16.5. The van der Waals surface area contributed by atoms with Crippen molar-refractivity contribution in [2.45, 2.75) is 26.7 Å². The number of hydrazone groups is 1. The molecular weight excluding hydrogens is 304 g/mol. The summed E-state index contributed by atoms with van der Waals surface area (Å²) in [5.41, 5.74) is 5.34. The van der Waals surface area contributed by atoms with Crippen molar-refractivity contribution in [2.24, 2.45) is 5.10 Å². The molecule has 2 aromatic carbocycles. The Labute approximate surface area is 142 Å². The van der Waals surface area contributed by atoms with Crippen LogP contribution in [0.3, 0.4) is 0 Å². The molecule has 24 heavy (non-hydrogen) atoms. The van der Waals surface area contributed by atoms with Crippen molar-refractivity contribution in [3.05, 3.63) is 59.2 Å². The smallest absolute Gasteiger partial charge is 0.277 e. The molecule has 0 heterocycles. The van der Waals surface area contributed by atoms with Crippen LogP contribution in [0.1, 0.15) is 36.5 Å². The number of hydrogen-bond acceptors (Lipinski definition) is 4.